The number of anilines is 1. The van der Waals surface area contributed by atoms with Crippen molar-refractivity contribution in [3.8, 4) is 11.1 Å². The zero-order valence-corrected chi connectivity index (χ0v) is 23.4. The predicted octanol–water partition coefficient (Wildman–Crippen LogP) is 5.25. The first-order valence-corrected chi connectivity index (χ1v) is 14.5. The second-order valence-corrected chi connectivity index (χ2v) is 11.5. The number of nitrogens with one attached hydrogen (secondary N) is 2. The normalized spacial score (nSPS) is 23.2. The lowest BCUT2D eigenvalue weighted by atomic mass is 9.81. The Bertz CT molecular complexity index is 1180. The summed E-state index contributed by atoms with van der Waals surface area (Å²) in [6.45, 7) is 8.96. The van der Waals surface area contributed by atoms with E-state index in [0.717, 1.165) is 68.1 Å². The van der Waals surface area contributed by atoms with Crippen LogP contribution in [0.25, 0.3) is 22.2 Å². The van der Waals surface area contributed by atoms with Gasteiger partial charge in [0.2, 0.25) is 5.95 Å². The quantitative estimate of drug-likeness (QED) is 0.363. The SMILES string of the molecule is CCCNc1ncc2c(-c3ccc(CN4CCC(C5CNC5)CC4)cc3)cn(C3CCC(O)CC3)c2n1.Cl. The third-order valence-electron chi connectivity index (χ3n) is 8.95. The van der Waals surface area contributed by atoms with Crippen molar-refractivity contribution in [1.29, 1.82) is 0 Å². The number of rotatable bonds is 8. The van der Waals surface area contributed by atoms with Crippen LogP contribution < -0.4 is 10.6 Å². The van der Waals surface area contributed by atoms with Gasteiger partial charge >= 0.3 is 0 Å². The Labute approximate surface area is 232 Å². The van der Waals surface area contributed by atoms with Crippen LogP contribution in [0.15, 0.2) is 36.7 Å². The van der Waals surface area contributed by atoms with E-state index in [2.05, 4.69) is 62.5 Å². The summed E-state index contributed by atoms with van der Waals surface area (Å²) in [6, 6.07) is 9.52. The summed E-state index contributed by atoms with van der Waals surface area (Å²) < 4.78 is 2.35. The predicted molar refractivity (Wildman–Crippen MR) is 157 cm³/mol. The highest BCUT2D eigenvalue weighted by atomic mass is 35.5. The molecule has 0 atom stereocenters. The van der Waals surface area contributed by atoms with Gasteiger partial charge in [-0.2, -0.15) is 4.98 Å². The van der Waals surface area contributed by atoms with Gasteiger partial charge in [-0.05, 0) is 94.1 Å². The molecule has 206 valence electrons. The molecule has 1 saturated carbocycles. The third kappa shape index (κ3) is 5.86. The molecule has 0 radical (unpaired) electrons. The van der Waals surface area contributed by atoms with Crippen molar-refractivity contribution in [2.24, 2.45) is 11.8 Å². The van der Waals surface area contributed by atoms with Crippen LogP contribution in [-0.2, 0) is 6.54 Å². The van der Waals surface area contributed by atoms with Crippen molar-refractivity contribution in [3.05, 3.63) is 42.2 Å². The zero-order chi connectivity index (χ0) is 25.2. The first kappa shape index (κ1) is 27.4. The lowest BCUT2D eigenvalue weighted by Crippen LogP contribution is -2.49. The summed E-state index contributed by atoms with van der Waals surface area (Å²) in [7, 11) is 0. The summed E-state index contributed by atoms with van der Waals surface area (Å²) in [5, 5.41) is 17.9. The van der Waals surface area contributed by atoms with Gasteiger partial charge in [0.25, 0.3) is 0 Å². The molecule has 0 bridgehead atoms. The second-order valence-electron chi connectivity index (χ2n) is 11.5. The number of aromatic nitrogens is 3. The lowest BCUT2D eigenvalue weighted by Gasteiger charge is -2.40. The van der Waals surface area contributed by atoms with Crippen LogP contribution in [0.3, 0.4) is 0 Å². The Morgan fingerprint density at radius 2 is 1.74 bits per heavy atom. The maximum Gasteiger partial charge on any atom is 0.224 e. The minimum Gasteiger partial charge on any atom is -0.393 e. The van der Waals surface area contributed by atoms with Gasteiger partial charge in [-0.25, -0.2) is 4.98 Å². The average Bonchev–Trinajstić information content (AvgIpc) is 3.27. The van der Waals surface area contributed by atoms with Gasteiger partial charge in [-0.1, -0.05) is 31.2 Å². The minimum atomic E-state index is -0.164. The van der Waals surface area contributed by atoms with Gasteiger partial charge in [0, 0.05) is 42.5 Å². The zero-order valence-electron chi connectivity index (χ0n) is 22.6. The molecular formula is C30H43ClN6O. The van der Waals surface area contributed by atoms with Crippen LogP contribution in [0, 0.1) is 11.8 Å². The van der Waals surface area contributed by atoms with E-state index in [1.165, 1.54) is 55.7 Å². The lowest BCUT2D eigenvalue weighted by molar-refractivity contribution is 0.111. The van der Waals surface area contributed by atoms with E-state index in [1.54, 1.807) is 0 Å². The molecule has 3 aromatic rings. The van der Waals surface area contributed by atoms with E-state index in [-0.39, 0.29) is 18.5 Å². The Morgan fingerprint density at radius 3 is 2.39 bits per heavy atom. The Balaban J connectivity index is 0.00000294. The standard InChI is InChI=1S/C30H42N6O.ClH/c1-2-13-32-30-33-18-27-28(20-36(29(27)34-30)25-7-9-26(37)10-8-25)23-5-3-21(4-6-23)19-35-14-11-22(12-15-35)24-16-31-17-24;/h3-6,18,20,22,24-26,31,37H,2,7-17,19H2,1H3,(H,32,33,34);1H. The Kier molecular flexibility index (Phi) is 8.88. The van der Waals surface area contributed by atoms with Gasteiger partial charge in [-0.15, -0.1) is 12.4 Å². The minimum absolute atomic E-state index is 0. The number of piperidine rings is 1. The van der Waals surface area contributed by atoms with Crippen molar-refractivity contribution < 1.29 is 5.11 Å². The summed E-state index contributed by atoms with van der Waals surface area (Å²) in [4.78, 5) is 12.2. The van der Waals surface area contributed by atoms with E-state index in [1.807, 2.05) is 6.20 Å². The maximum atomic E-state index is 10.1. The van der Waals surface area contributed by atoms with Crippen LogP contribution >= 0.6 is 12.4 Å². The number of aliphatic hydroxyl groups excluding tert-OH is 1. The number of likely N-dealkylation sites (tertiary alicyclic amines) is 1. The van der Waals surface area contributed by atoms with Gasteiger partial charge in [0.05, 0.1) is 6.10 Å². The maximum absolute atomic E-state index is 10.1. The molecule has 38 heavy (non-hydrogen) atoms. The fraction of sp³-hybridized carbons (Fsp3) is 0.600. The number of halogens is 1. The van der Waals surface area contributed by atoms with E-state index >= 15 is 0 Å². The van der Waals surface area contributed by atoms with E-state index < -0.39 is 0 Å². The molecule has 2 saturated heterocycles. The van der Waals surface area contributed by atoms with Crippen molar-refractivity contribution in [2.75, 3.05) is 38.0 Å². The second kappa shape index (κ2) is 12.3. The van der Waals surface area contributed by atoms with Crippen LogP contribution in [-0.4, -0.2) is 63.4 Å². The molecule has 3 fully saturated rings. The number of fused-ring (bicyclic) bond motifs is 1. The topological polar surface area (TPSA) is 78.2 Å². The molecule has 1 aliphatic carbocycles. The largest absolute Gasteiger partial charge is 0.393 e. The van der Waals surface area contributed by atoms with Crippen LogP contribution in [0.5, 0.6) is 0 Å². The Morgan fingerprint density at radius 1 is 1.00 bits per heavy atom. The summed E-state index contributed by atoms with van der Waals surface area (Å²) in [6.07, 6.45) is 11.5. The van der Waals surface area contributed by atoms with Crippen LogP contribution in [0.1, 0.15) is 63.5 Å². The molecule has 3 N–H and O–H groups in total. The monoisotopic (exact) mass is 538 g/mol. The molecule has 1 aromatic carbocycles. The van der Waals surface area contributed by atoms with Crippen LogP contribution in [0.4, 0.5) is 5.95 Å². The molecule has 6 rings (SSSR count). The van der Waals surface area contributed by atoms with Gasteiger partial charge < -0.3 is 20.3 Å². The van der Waals surface area contributed by atoms with E-state index in [4.69, 9.17) is 4.98 Å². The number of aliphatic hydroxyl groups is 1. The van der Waals surface area contributed by atoms with Crippen molar-refractivity contribution in [3.63, 3.8) is 0 Å². The first-order chi connectivity index (χ1) is 18.2. The fourth-order valence-electron chi connectivity index (χ4n) is 6.47. The van der Waals surface area contributed by atoms with Crippen LogP contribution in [0.2, 0.25) is 0 Å². The molecule has 2 aromatic heterocycles. The molecule has 0 amide bonds. The smallest absolute Gasteiger partial charge is 0.224 e. The summed E-state index contributed by atoms with van der Waals surface area (Å²) >= 11 is 0. The molecule has 7 nitrogen and oxygen atoms in total. The number of nitrogens with zero attached hydrogens (tertiary/aromatic N) is 4. The van der Waals surface area contributed by atoms with Crippen molar-refractivity contribution in [1.82, 2.24) is 24.8 Å². The molecule has 4 heterocycles. The molecule has 2 aliphatic heterocycles. The highest BCUT2D eigenvalue weighted by molar-refractivity contribution is 5.94. The molecule has 3 aliphatic rings. The summed E-state index contributed by atoms with van der Waals surface area (Å²) in [5.74, 6) is 2.54. The van der Waals surface area contributed by atoms with Crippen molar-refractivity contribution in [2.45, 2.75) is 70.6 Å². The number of benzene rings is 1. The molecular weight excluding hydrogens is 496 g/mol. The van der Waals surface area contributed by atoms with E-state index in [9.17, 15) is 5.11 Å². The van der Waals surface area contributed by atoms with Crippen molar-refractivity contribution >= 4 is 29.4 Å². The average molecular weight is 539 g/mol. The molecule has 0 unspecified atom stereocenters. The van der Waals surface area contributed by atoms with Gasteiger partial charge in [0.1, 0.15) is 5.65 Å². The molecule has 0 spiro atoms. The Hall–Kier alpha value is -2.19. The van der Waals surface area contributed by atoms with Gasteiger partial charge in [0.15, 0.2) is 0 Å². The fourth-order valence-corrected chi connectivity index (χ4v) is 6.47. The number of hydrogen-bond donors (Lipinski definition) is 3. The number of hydrogen-bond acceptors (Lipinski definition) is 6. The summed E-state index contributed by atoms with van der Waals surface area (Å²) in [5.41, 5.74) is 4.81. The first-order valence-electron chi connectivity index (χ1n) is 14.5. The molecule has 8 heteroatoms. The van der Waals surface area contributed by atoms with Gasteiger partial charge in [-0.3, -0.25) is 4.90 Å². The third-order valence-corrected chi connectivity index (χ3v) is 8.95. The highest BCUT2D eigenvalue weighted by Gasteiger charge is 2.30. The van der Waals surface area contributed by atoms with E-state index in [0.29, 0.717) is 12.0 Å². The highest BCUT2D eigenvalue weighted by Crippen LogP contribution is 2.37.